The van der Waals surface area contributed by atoms with Crippen molar-refractivity contribution in [2.24, 2.45) is 0 Å². The van der Waals surface area contributed by atoms with Crippen LogP contribution in [0, 0.1) is 0 Å². The van der Waals surface area contributed by atoms with Crippen molar-refractivity contribution < 1.29 is 31.2 Å². The minimum atomic E-state index is -4.71. The first kappa shape index (κ1) is 17.2. The molecule has 126 valence electrons. The second kappa shape index (κ2) is 6.16. The number of hydrogen-bond acceptors (Lipinski definition) is 4. The van der Waals surface area contributed by atoms with Crippen LogP contribution >= 0.6 is 0 Å². The molecule has 0 radical (unpaired) electrons. The number of alkyl halides is 3. The molecule has 1 aliphatic carbocycles. The number of sulfonamides is 1. The smallest absolute Gasteiger partial charge is 0.345 e. The first-order valence-corrected chi connectivity index (χ1v) is 7.88. The van der Waals surface area contributed by atoms with Crippen molar-refractivity contribution in [3.8, 4) is 0 Å². The van der Waals surface area contributed by atoms with Crippen molar-refractivity contribution in [3.05, 3.63) is 29.8 Å². The van der Waals surface area contributed by atoms with Crippen LogP contribution in [-0.2, 0) is 25.8 Å². The van der Waals surface area contributed by atoms with Crippen molar-refractivity contribution in [3.63, 3.8) is 0 Å². The van der Waals surface area contributed by atoms with E-state index in [4.69, 9.17) is 0 Å². The summed E-state index contributed by atoms with van der Waals surface area (Å²) in [5, 5.41) is 2.32. The number of nitrogens with one attached hydrogen (secondary N) is 3. The van der Waals surface area contributed by atoms with E-state index in [1.54, 1.807) is 10.3 Å². The summed E-state index contributed by atoms with van der Waals surface area (Å²) in [6.45, 7) is 0. The maximum absolute atomic E-state index is 12.6. The lowest BCUT2D eigenvalue weighted by Gasteiger charge is -2.11. The van der Waals surface area contributed by atoms with E-state index in [1.165, 1.54) is 0 Å². The van der Waals surface area contributed by atoms with Crippen LogP contribution in [0.2, 0.25) is 0 Å². The number of benzene rings is 1. The Balaban J connectivity index is 2.03. The molecule has 2 amide bonds. The van der Waals surface area contributed by atoms with E-state index in [0.717, 1.165) is 25.0 Å². The van der Waals surface area contributed by atoms with Gasteiger partial charge in [-0.25, -0.2) is 8.42 Å². The highest BCUT2D eigenvalue weighted by Gasteiger charge is 2.32. The summed E-state index contributed by atoms with van der Waals surface area (Å²) < 4.78 is 61.4. The number of hydrogen-bond donors (Lipinski definition) is 3. The summed E-state index contributed by atoms with van der Waals surface area (Å²) in [6, 6.07) is 2.86. The van der Waals surface area contributed by atoms with Crippen molar-refractivity contribution in [1.82, 2.24) is 15.6 Å². The van der Waals surface area contributed by atoms with Gasteiger partial charge in [0.25, 0.3) is 10.0 Å². The van der Waals surface area contributed by atoms with Gasteiger partial charge in [0.05, 0.1) is 10.5 Å². The number of amides is 2. The largest absolute Gasteiger partial charge is 0.416 e. The molecule has 2 rings (SSSR count). The van der Waals surface area contributed by atoms with Crippen LogP contribution in [0.25, 0.3) is 0 Å². The Hall–Kier alpha value is -2.14. The molecule has 1 fully saturated rings. The standard InChI is InChI=1S/C12H12F3N3O4S/c13-12(14,15)7-2-1-3-9(6-7)23(21,22)18-17-11(20)10(19)16-8-4-5-8/h1-3,6,8,18H,4-5H2,(H,16,19)(H,17,20). The Bertz CT molecular complexity index is 729. The minimum absolute atomic E-state index is 0.103. The zero-order valence-electron chi connectivity index (χ0n) is 11.5. The van der Waals surface area contributed by atoms with E-state index in [-0.39, 0.29) is 6.04 Å². The highest BCUT2D eigenvalue weighted by molar-refractivity contribution is 7.89. The number of carbonyl (C=O) groups excluding carboxylic acids is 2. The number of hydrazine groups is 1. The van der Waals surface area contributed by atoms with Crippen LogP contribution in [0.15, 0.2) is 29.2 Å². The van der Waals surface area contributed by atoms with Gasteiger partial charge in [-0.1, -0.05) is 6.07 Å². The molecule has 1 aliphatic rings. The summed E-state index contributed by atoms with van der Waals surface area (Å²) in [5.74, 6) is -2.29. The molecule has 11 heteroatoms. The quantitative estimate of drug-likeness (QED) is 0.536. The van der Waals surface area contributed by atoms with Gasteiger partial charge in [0.15, 0.2) is 0 Å². The Kier molecular flexibility index (Phi) is 4.61. The highest BCUT2D eigenvalue weighted by atomic mass is 32.2. The fourth-order valence-electron chi connectivity index (χ4n) is 1.55. The summed E-state index contributed by atoms with van der Waals surface area (Å²) in [6.07, 6.45) is -3.25. The van der Waals surface area contributed by atoms with E-state index < -0.39 is 38.5 Å². The van der Waals surface area contributed by atoms with Gasteiger partial charge in [0.2, 0.25) is 0 Å². The maximum atomic E-state index is 12.6. The first-order chi connectivity index (χ1) is 10.6. The molecule has 1 saturated carbocycles. The zero-order chi connectivity index (χ0) is 17.3. The van der Waals surface area contributed by atoms with Crippen LogP contribution in [0.4, 0.5) is 13.2 Å². The topological polar surface area (TPSA) is 104 Å². The molecule has 0 atom stereocenters. The molecule has 1 aromatic carbocycles. The van der Waals surface area contributed by atoms with Gasteiger partial charge in [-0.2, -0.15) is 13.2 Å². The molecular formula is C12H12F3N3O4S. The van der Waals surface area contributed by atoms with Crippen molar-refractivity contribution >= 4 is 21.8 Å². The Labute approximate surface area is 129 Å². The predicted molar refractivity (Wildman–Crippen MR) is 71.1 cm³/mol. The second-order valence-electron chi connectivity index (χ2n) is 4.83. The summed E-state index contributed by atoms with van der Waals surface area (Å²) in [4.78, 5) is 23.6. The lowest BCUT2D eigenvalue weighted by molar-refractivity contribution is -0.139. The summed E-state index contributed by atoms with van der Waals surface area (Å²) in [7, 11) is -4.45. The number of rotatable bonds is 4. The Morgan fingerprint density at radius 1 is 1.13 bits per heavy atom. The molecule has 0 saturated heterocycles. The molecular weight excluding hydrogens is 339 g/mol. The van der Waals surface area contributed by atoms with Crippen LogP contribution in [-0.4, -0.2) is 26.3 Å². The third kappa shape index (κ3) is 4.66. The van der Waals surface area contributed by atoms with Gasteiger partial charge in [0.1, 0.15) is 0 Å². The Morgan fingerprint density at radius 3 is 2.35 bits per heavy atom. The molecule has 1 aromatic rings. The number of carbonyl (C=O) groups is 2. The molecule has 7 nitrogen and oxygen atoms in total. The van der Waals surface area contributed by atoms with E-state index in [2.05, 4.69) is 5.32 Å². The average Bonchev–Trinajstić information content (AvgIpc) is 3.28. The van der Waals surface area contributed by atoms with Crippen LogP contribution in [0.1, 0.15) is 18.4 Å². The second-order valence-corrected chi connectivity index (χ2v) is 6.52. The number of halogens is 3. The molecule has 0 heterocycles. The summed E-state index contributed by atoms with van der Waals surface area (Å²) in [5.41, 5.74) is 0.488. The van der Waals surface area contributed by atoms with Gasteiger partial charge in [-0.15, -0.1) is 4.83 Å². The maximum Gasteiger partial charge on any atom is 0.416 e. The third-order valence-electron chi connectivity index (χ3n) is 2.89. The monoisotopic (exact) mass is 351 g/mol. The Morgan fingerprint density at radius 2 is 1.78 bits per heavy atom. The molecule has 0 aliphatic heterocycles. The predicted octanol–water partition coefficient (Wildman–Crippen LogP) is 0.294. The fourth-order valence-corrected chi connectivity index (χ4v) is 2.43. The van der Waals surface area contributed by atoms with Gasteiger partial charge < -0.3 is 5.32 Å². The molecule has 0 bridgehead atoms. The van der Waals surface area contributed by atoms with Crippen LogP contribution < -0.4 is 15.6 Å². The van der Waals surface area contributed by atoms with E-state index in [1.807, 2.05) is 0 Å². The van der Waals surface area contributed by atoms with Crippen molar-refractivity contribution in [1.29, 1.82) is 0 Å². The van der Waals surface area contributed by atoms with Gasteiger partial charge in [-0.3, -0.25) is 15.0 Å². The molecule has 3 N–H and O–H groups in total. The van der Waals surface area contributed by atoms with Gasteiger partial charge in [-0.05, 0) is 31.0 Å². The average molecular weight is 351 g/mol. The van der Waals surface area contributed by atoms with Crippen molar-refractivity contribution in [2.75, 3.05) is 0 Å². The molecule has 0 spiro atoms. The van der Waals surface area contributed by atoms with E-state index in [9.17, 15) is 31.2 Å². The fraction of sp³-hybridized carbons (Fsp3) is 0.333. The van der Waals surface area contributed by atoms with Crippen LogP contribution in [0.3, 0.4) is 0 Å². The van der Waals surface area contributed by atoms with E-state index >= 15 is 0 Å². The highest BCUT2D eigenvalue weighted by Crippen LogP contribution is 2.30. The minimum Gasteiger partial charge on any atom is -0.345 e. The molecule has 23 heavy (non-hydrogen) atoms. The normalized spacial score (nSPS) is 15.1. The van der Waals surface area contributed by atoms with Crippen LogP contribution in [0.5, 0.6) is 0 Å². The molecule has 0 unspecified atom stereocenters. The van der Waals surface area contributed by atoms with E-state index in [0.29, 0.717) is 12.1 Å². The first-order valence-electron chi connectivity index (χ1n) is 6.39. The van der Waals surface area contributed by atoms with Gasteiger partial charge >= 0.3 is 18.0 Å². The lowest BCUT2D eigenvalue weighted by atomic mass is 10.2. The molecule has 0 aromatic heterocycles. The zero-order valence-corrected chi connectivity index (χ0v) is 12.3. The third-order valence-corrected chi connectivity index (χ3v) is 4.13. The SMILES string of the molecule is O=C(NNS(=O)(=O)c1cccc(C(F)(F)F)c1)C(=O)NC1CC1. The summed E-state index contributed by atoms with van der Waals surface area (Å²) >= 11 is 0. The van der Waals surface area contributed by atoms with Crippen molar-refractivity contribution in [2.45, 2.75) is 30.0 Å². The lowest BCUT2D eigenvalue weighted by Crippen LogP contribution is -2.48. The van der Waals surface area contributed by atoms with Gasteiger partial charge in [0, 0.05) is 6.04 Å².